The molecule has 0 spiro atoms. The number of amides is 1. The molecule has 2 atom stereocenters. The highest BCUT2D eigenvalue weighted by Gasteiger charge is 2.34. The van der Waals surface area contributed by atoms with Gasteiger partial charge in [0.1, 0.15) is 5.82 Å². The summed E-state index contributed by atoms with van der Waals surface area (Å²) in [4.78, 5) is 24.3. The van der Waals surface area contributed by atoms with E-state index in [1.165, 1.54) is 17.0 Å². The summed E-state index contributed by atoms with van der Waals surface area (Å²) >= 11 is 0. The lowest BCUT2D eigenvalue weighted by Gasteiger charge is -2.39. The summed E-state index contributed by atoms with van der Waals surface area (Å²) in [6, 6.07) is 8.06. The van der Waals surface area contributed by atoms with Crippen molar-refractivity contribution in [2.24, 2.45) is 0 Å². The quantitative estimate of drug-likeness (QED) is 0.258. The number of likely N-dealkylation sites (tertiary alicyclic amines) is 1. The number of pyridine rings is 1. The molecule has 274 valence electrons. The van der Waals surface area contributed by atoms with E-state index in [2.05, 4.69) is 15.1 Å². The van der Waals surface area contributed by atoms with E-state index in [4.69, 9.17) is 10.1 Å². The van der Waals surface area contributed by atoms with Crippen molar-refractivity contribution in [1.82, 2.24) is 29.3 Å². The first-order valence-corrected chi connectivity index (χ1v) is 18.2. The van der Waals surface area contributed by atoms with E-state index in [1.807, 2.05) is 42.5 Å². The molecule has 16 heteroatoms. The molecule has 4 heterocycles. The molecule has 0 aliphatic carbocycles. The largest absolute Gasteiger partial charge is 0.416 e. The average molecular weight is 720 g/mol. The molecule has 2 aromatic heterocycles. The monoisotopic (exact) mass is 719 g/mol. The smallest absolute Gasteiger partial charge is 0.390 e. The average Bonchev–Trinajstić information content (AvgIpc) is 3.44. The third-order valence-electron chi connectivity index (χ3n) is 9.64. The number of carbonyl (C=O) groups excluding carboxylic acids is 1. The number of aliphatic hydroxyl groups is 1. The third-order valence-corrected chi connectivity index (χ3v) is 10.7. The first-order chi connectivity index (χ1) is 23.7. The van der Waals surface area contributed by atoms with E-state index in [9.17, 15) is 27.3 Å². The highest BCUT2D eigenvalue weighted by atomic mass is 32.2. The number of aliphatic hydroxyl groups excluding tert-OH is 1. The summed E-state index contributed by atoms with van der Waals surface area (Å²) in [5, 5.41) is 19.0. The van der Waals surface area contributed by atoms with Gasteiger partial charge in [-0.15, -0.1) is 0 Å². The Bertz CT molecular complexity index is 1680. The lowest BCUT2D eigenvalue weighted by atomic mass is 9.97. The minimum Gasteiger partial charge on any atom is -0.390 e. The van der Waals surface area contributed by atoms with Crippen molar-refractivity contribution < 1.29 is 27.3 Å². The normalized spacial score (nSPS) is 17.3. The lowest BCUT2D eigenvalue weighted by molar-refractivity contribution is -0.138. The molecule has 2 aliphatic heterocycles. The second-order valence-electron chi connectivity index (χ2n) is 13.3. The van der Waals surface area contributed by atoms with Crippen molar-refractivity contribution in [2.75, 3.05) is 82.4 Å². The van der Waals surface area contributed by atoms with Crippen LogP contribution in [-0.2, 0) is 48.0 Å². The van der Waals surface area contributed by atoms with Crippen LogP contribution in [0, 0.1) is 0 Å². The van der Waals surface area contributed by atoms with Gasteiger partial charge >= 0.3 is 6.18 Å². The molecule has 0 radical (unpaired) electrons. The summed E-state index contributed by atoms with van der Waals surface area (Å²) in [5.41, 5.74) is 2.98. The molecule has 5 rings (SSSR count). The minimum absolute atomic E-state index is 0.0395. The van der Waals surface area contributed by atoms with Crippen LogP contribution in [0.5, 0.6) is 0 Å². The number of alkyl halides is 3. The van der Waals surface area contributed by atoms with E-state index in [0.29, 0.717) is 37.3 Å². The zero-order valence-corrected chi connectivity index (χ0v) is 30.4. The lowest BCUT2D eigenvalue weighted by Crippen LogP contribution is -2.46. The van der Waals surface area contributed by atoms with Crippen LogP contribution in [0.3, 0.4) is 0 Å². The van der Waals surface area contributed by atoms with Gasteiger partial charge in [-0.05, 0) is 49.7 Å². The van der Waals surface area contributed by atoms with Gasteiger partial charge in [-0.2, -0.15) is 18.3 Å². The number of aromatic nitrogens is 3. The molecule has 2 unspecified atom stereocenters. The van der Waals surface area contributed by atoms with Crippen LogP contribution in [0.1, 0.15) is 35.2 Å². The Balaban J connectivity index is 1.30. The summed E-state index contributed by atoms with van der Waals surface area (Å²) in [7, 11) is 7.95. The molecule has 2 aliphatic rings. The maximum absolute atomic E-state index is 13.8. The molecule has 1 aromatic carbocycles. The van der Waals surface area contributed by atoms with E-state index >= 15 is 0 Å². The molecule has 12 nitrogen and oxygen atoms in total. The van der Waals surface area contributed by atoms with Gasteiger partial charge in [-0.3, -0.25) is 9.48 Å². The Morgan fingerprint density at radius 2 is 1.82 bits per heavy atom. The SMILES string of the molecule is CNCc1cc(-c2nn(CC(O)CN3CCC(N(C)c4nc(N(C)C)ccc4N(C)C=O)CC3)c3c2CN(S(C)=O)CC3)ccc1C(F)(F)F. The van der Waals surface area contributed by atoms with Gasteiger partial charge in [-0.25, -0.2) is 13.5 Å². The highest BCUT2D eigenvalue weighted by Crippen LogP contribution is 2.37. The molecule has 0 bridgehead atoms. The number of halogens is 3. The zero-order chi connectivity index (χ0) is 36.3. The Morgan fingerprint density at radius 1 is 1.10 bits per heavy atom. The van der Waals surface area contributed by atoms with Crippen molar-refractivity contribution in [1.29, 1.82) is 0 Å². The number of carbonyl (C=O) groups is 1. The van der Waals surface area contributed by atoms with Crippen LogP contribution in [0.2, 0.25) is 0 Å². The van der Waals surface area contributed by atoms with E-state index < -0.39 is 28.8 Å². The fraction of sp³-hybridized carbons (Fsp3) is 0.559. The van der Waals surface area contributed by atoms with Crippen LogP contribution >= 0.6 is 0 Å². The number of fused-ring (bicyclic) bond motifs is 1. The van der Waals surface area contributed by atoms with Crippen LogP contribution in [0.15, 0.2) is 30.3 Å². The van der Waals surface area contributed by atoms with Gasteiger partial charge in [0.25, 0.3) is 0 Å². The highest BCUT2D eigenvalue weighted by molar-refractivity contribution is 7.81. The van der Waals surface area contributed by atoms with Crippen LogP contribution in [0.25, 0.3) is 11.3 Å². The predicted octanol–water partition coefficient (Wildman–Crippen LogP) is 2.96. The van der Waals surface area contributed by atoms with E-state index in [0.717, 1.165) is 67.0 Å². The van der Waals surface area contributed by atoms with Crippen LogP contribution in [0.4, 0.5) is 30.5 Å². The van der Waals surface area contributed by atoms with Crippen molar-refractivity contribution >= 4 is 34.7 Å². The molecule has 0 saturated carbocycles. The standard InChI is InChI=1S/C34H48F3N9O3S/c1-38-18-24-17-23(7-8-28(24)34(35,36)37)32-27-21-45(50(6)49)16-13-29(27)46(40-32)20-26(48)19-44-14-11-25(12-15-44)43(5)33-30(42(4)22-47)9-10-31(39-33)41(2)3/h7-10,17,22,25-26,38,48H,11-16,18-21H2,1-6H3. The van der Waals surface area contributed by atoms with E-state index in [1.54, 1.807) is 25.0 Å². The molecule has 1 amide bonds. The van der Waals surface area contributed by atoms with Gasteiger partial charge < -0.3 is 30.0 Å². The second kappa shape index (κ2) is 15.8. The molecular weight excluding hydrogens is 671 g/mol. The molecule has 2 N–H and O–H groups in total. The third kappa shape index (κ3) is 8.31. The maximum Gasteiger partial charge on any atom is 0.416 e. The second-order valence-corrected chi connectivity index (χ2v) is 14.7. The minimum atomic E-state index is -4.49. The van der Waals surface area contributed by atoms with Crippen molar-refractivity contribution in [3.05, 3.63) is 52.7 Å². The number of benzene rings is 1. The molecule has 50 heavy (non-hydrogen) atoms. The van der Waals surface area contributed by atoms with Gasteiger partial charge in [-0.1, -0.05) is 6.07 Å². The first kappa shape index (κ1) is 37.7. The maximum atomic E-state index is 13.8. The molecular formula is C34H48F3N9O3S. The number of anilines is 3. The fourth-order valence-corrected chi connectivity index (χ4v) is 7.57. The van der Waals surface area contributed by atoms with Crippen LogP contribution < -0.4 is 20.0 Å². The zero-order valence-electron chi connectivity index (χ0n) is 29.6. The van der Waals surface area contributed by atoms with Gasteiger partial charge in [0, 0.05) is 103 Å². The first-order valence-electron chi connectivity index (χ1n) is 16.7. The molecule has 1 saturated heterocycles. The number of hydrogen-bond donors (Lipinski definition) is 2. The number of nitrogens with zero attached hydrogens (tertiary/aromatic N) is 8. The molecule has 1 fully saturated rings. The topological polar surface area (TPSA) is 113 Å². The Morgan fingerprint density at radius 3 is 2.44 bits per heavy atom. The number of piperidine rings is 1. The summed E-state index contributed by atoms with van der Waals surface area (Å²) in [6.07, 6.45) is -0.594. The molecule has 3 aromatic rings. The van der Waals surface area contributed by atoms with Crippen LogP contribution in [-0.4, -0.2) is 120 Å². The number of hydrogen-bond acceptors (Lipinski definition) is 9. The number of nitrogens with one attached hydrogen (secondary N) is 1. The van der Waals surface area contributed by atoms with Gasteiger partial charge in [0.15, 0.2) is 5.82 Å². The van der Waals surface area contributed by atoms with Gasteiger partial charge in [0.2, 0.25) is 6.41 Å². The van der Waals surface area contributed by atoms with Gasteiger partial charge in [0.05, 0.1) is 40.6 Å². The van der Waals surface area contributed by atoms with Crippen molar-refractivity contribution in [3.63, 3.8) is 0 Å². The Hall–Kier alpha value is -3.57. The Kier molecular flexibility index (Phi) is 11.9. The predicted molar refractivity (Wildman–Crippen MR) is 191 cm³/mol. The Labute approximate surface area is 294 Å². The van der Waals surface area contributed by atoms with E-state index in [-0.39, 0.29) is 24.7 Å². The van der Waals surface area contributed by atoms with Crippen molar-refractivity contribution in [3.8, 4) is 11.3 Å². The fourth-order valence-electron chi connectivity index (χ4n) is 6.91. The summed E-state index contributed by atoms with van der Waals surface area (Å²) in [5.74, 6) is 1.53. The summed E-state index contributed by atoms with van der Waals surface area (Å²) < 4.78 is 57.3. The number of rotatable bonds is 13. The summed E-state index contributed by atoms with van der Waals surface area (Å²) in [6.45, 7) is 3.13. The number of β-amino-alcohol motifs (C(OH)–C–C–N with tert-alkyl or cyclic N) is 1. The van der Waals surface area contributed by atoms with Crippen molar-refractivity contribution in [2.45, 2.75) is 57.2 Å².